The Bertz CT molecular complexity index is 343. The molecule has 1 aromatic rings. The van der Waals surface area contributed by atoms with Crippen LogP contribution < -0.4 is 0 Å². The highest BCUT2D eigenvalue weighted by molar-refractivity contribution is 9.10. The van der Waals surface area contributed by atoms with Gasteiger partial charge in [0, 0.05) is 0 Å². The summed E-state index contributed by atoms with van der Waals surface area (Å²) < 4.78 is 4.66. The summed E-state index contributed by atoms with van der Waals surface area (Å²) in [6.45, 7) is 4.33. The van der Waals surface area contributed by atoms with Crippen LogP contribution in [0.4, 0.5) is 0 Å². The highest BCUT2D eigenvalue weighted by Crippen LogP contribution is 2.17. The van der Waals surface area contributed by atoms with Crippen molar-refractivity contribution < 1.29 is 9.53 Å². The Morgan fingerprint density at radius 2 is 1.88 bits per heavy atom. The molecule has 0 N–H and O–H groups in total. The van der Waals surface area contributed by atoms with Gasteiger partial charge in [0.05, 0.1) is 7.11 Å². The van der Waals surface area contributed by atoms with Gasteiger partial charge in [0.15, 0.2) is 0 Å². The second kappa shape index (κ2) is 6.04. The average molecular weight is 285 g/mol. The van der Waals surface area contributed by atoms with E-state index in [9.17, 15) is 4.79 Å². The summed E-state index contributed by atoms with van der Waals surface area (Å²) >= 11 is 3.31. The van der Waals surface area contributed by atoms with Gasteiger partial charge in [0.2, 0.25) is 0 Å². The molecule has 0 aliphatic carbocycles. The number of rotatable bonds is 4. The lowest BCUT2D eigenvalue weighted by Crippen LogP contribution is -2.18. The van der Waals surface area contributed by atoms with Crippen molar-refractivity contribution in [2.24, 2.45) is 0 Å². The standard InChI is InChI=1S/C13H17BrO2/c1-9(2)11-6-4-10(5-7-11)8-12(14)13(15)16-3/h4-7,9,12H,8H2,1-3H3. The number of esters is 1. The van der Waals surface area contributed by atoms with Crippen molar-refractivity contribution in [3.8, 4) is 0 Å². The lowest BCUT2D eigenvalue weighted by Gasteiger charge is -2.09. The Hall–Kier alpha value is -0.830. The van der Waals surface area contributed by atoms with E-state index in [1.165, 1.54) is 12.7 Å². The molecular formula is C13H17BrO2. The van der Waals surface area contributed by atoms with E-state index in [-0.39, 0.29) is 10.8 Å². The van der Waals surface area contributed by atoms with Gasteiger partial charge in [-0.2, -0.15) is 0 Å². The topological polar surface area (TPSA) is 26.3 Å². The third-order valence-corrected chi connectivity index (χ3v) is 3.22. The average Bonchev–Trinajstić information content (AvgIpc) is 2.28. The summed E-state index contributed by atoms with van der Waals surface area (Å²) in [5, 5.41) is 0. The predicted octanol–water partition coefficient (Wildman–Crippen LogP) is 3.29. The summed E-state index contributed by atoms with van der Waals surface area (Å²) in [5.74, 6) is 0.308. The van der Waals surface area contributed by atoms with Crippen LogP contribution in [0.5, 0.6) is 0 Å². The van der Waals surface area contributed by atoms with E-state index in [1.807, 2.05) is 0 Å². The van der Waals surface area contributed by atoms with Gasteiger partial charge in [0.1, 0.15) is 4.83 Å². The first-order chi connectivity index (χ1) is 7.54. The van der Waals surface area contributed by atoms with Gasteiger partial charge in [0.25, 0.3) is 0 Å². The van der Waals surface area contributed by atoms with E-state index in [2.05, 4.69) is 58.8 Å². The smallest absolute Gasteiger partial charge is 0.319 e. The molecule has 0 amide bonds. The molecule has 0 saturated carbocycles. The van der Waals surface area contributed by atoms with Crippen molar-refractivity contribution in [3.63, 3.8) is 0 Å². The van der Waals surface area contributed by atoms with E-state index in [0.29, 0.717) is 12.3 Å². The number of methoxy groups -OCH3 is 1. The third-order valence-electron chi connectivity index (χ3n) is 2.52. The molecule has 0 aromatic heterocycles. The molecule has 0 fully saturated rings. The normalized spacial score (nSPS) is 12.6. The van der Waals surface area contributed by atoms with E-state index in [4.69, 9.17) is 0 Å². The molecule has 1 aromatic carbocycles. The van der Waals surface area contributed by atoms with Crippen molar-refractivity contribution in [2.45, 2.75) is 31.0 Å². The number of carbonyl (C=O) groups excluding carboxylic acids is 1. The summed E-state index contributed by atoms with van der Waals surface area (Å²) in [6.07, 6.45) is 0.658. The quantitative estimate of drug-likeness (QED) is 0.627. The fraction of sp³-hybridized carbons (Fsp3) is 0.462. The van der Waals surface area contributed by atoms with Gasteiger partial charge < -0.3 is 4.74 Å². The maximum atomic E-state index is 11.2. The third kappa shape index (κ3) is 3.63. The summed E-state index contributed by atoms with van der Waals surface area (Å²) in [7, 11) is 1.40. The van der Waals surface area contributed by atoms with Crippen molar-refractivity contribution in [1.82, 2.24) is 0 Å². The molecule has 0 spiro atoms. The van der Waals surface area contributed by atoms with E-state index >= 15 is 0 Å². The first kappa shape index (κ1) is 13.2. The summed E-state index contributed by atoms with van der Waals surface area (Å²) in [4.78, 5) is 11.0. The second-order valence-electron chi connectivity index (χ2n) is 4.09. The molecule has 0 radical (unpaired) electrons. The van der Waals surface area contributed by atoms with Gasteiger partial charge in [-0.3, -0.25) is 4.79 Å². The summed E-state index contributed by atoms with van der Waals surface area (Å²) in [5.41, 5.74) is 2.45. The maximum Gasteiger partial charge on any atom is 0.319 e. The SMILES string of the molecule is COC(=O)C(Br)Cc1ccc(C(C)C)cc1. The molecule has 3 heteroatoms. The lowest BCUT2D eigenvalue weighted by molar-refractivity contribution is -0.139. The van der Waals surface area contributed by atoms with Crippen molar-refractivity contribution in [3.05, 3.63) is 35.4 Å². The molecule has 0 aliphatic rings. The van der Waals surface area contributed by atoms with Gasteiger partial charge in [-0.1, -0.05) is 54.0 Å². The number of ether oxygens (including phenoxy) is 1. The molecule has 0 heterocycles. The Labute approximate surface area is 105 Å². The van der Waals surface area contributed by atoms with E-state index < -0.39 is 0 Å². The van der Waals surface area contributed by atoms with Crippen LogP contribution in [0.1, 0.15) is 30.9 Å². The number of hydrogen-bond acceptors (Lipinski definition) is 2. The van der Waals surface area contributed by atoms with Crippen LogP contribution in [0, 0.1) is 0 Å². The fourth-order valence-corrected chi connectivity index (χ4v) is 2.02. The Balaban J connectivity index is 2.65. The predicted molar refractivity (Wildman–Crippen MR) is 69.0 cm³/mol. The van der Waals surface area contributed by atoms with Crippen LogP contribution in [-0.4, -0.2) is 17.9 Å². The van der Waals surface area contributed by atoms with Crippen LogP contribution in [0.15, 0.2) is 24.3 Å². The molecule has 88 valence electrons. The van der Waals surface area contributed by atoms with Crippen LogP contribution in [0.2, 0.25) is 0 Å². The lowest BCUT2D eigenvalue weighted by atomic mass is 10.0. The molecule has 1 unspecified atom stereocenters. The maximum absolute atomic E-state index is 11.2. The zero-order chi connectivity index (χ0) is 12.1. The zero-order valence-electron chi connectivity index (χ0n) is 9.87. The first-order valence-corrected chi connectivity index (χ1v) is 6.27. The van der Waals surface area contributed by atoms with Crippen molar-refractivity contribution in [1.29, 1.82) is 0 Å². The molecule has 0 bridgehead atoms. The van der Waals surface area contributed by atoms with Crippen LogP contribution in [-0.2, 0) is 16.0 Å². The molecular weight excluding hydrogens is 268 g/mol. The monoisotopic (exact) mass is 284 g/mol. The van der Waals surface area contributed by atoms with Gasteiger partial charge in [-0.05, 0) is 23.5 Å². The van der Waals surface area contributed by atoms with Gasteiger partial charge >= 0.3 is 5.97 Å². The minimum absolute atomic E-state index is 0.229. The Morgan fingerprint density at radius 1 is 1.31 bits per heavy atom. The van der Waals surface area contributed by atoms with Gasteiger partial charge in [-0.25, -0.2) is 0 Å². The number of carbonyl (C=O) groups is 1. The summed E-state index contributed by atoms with van der Waals surface area (Å²) in [6, 6.07) is 8.34. The van der Waals surface area contributed by atoms with E-state index in [0.717, 1.165) is 5.56 Å². The number of benzene rings is 1. The van der Waals surface area contributed by atoms with Crippen LogP contribution in [0.3, 0.4) is 0 Å². The molecule has 1 atom stereocenters. The van der Waals surface area contributed by atoms with E-state index in [1.54, 1.807) is 0 Å². The first-order valence-electron chi connectivity index (χ1n) is 5.35. The number of hydrogen-bond donors (Lipinski definition) is 0. The van der Waals surface area contributed by atoms with Crippen LogP contribution in [0.25, 0.3) is 0 Å². The van der Waals surface area contributed by atoms with Crippen molar-refractivity contribution >= 4 is 21.9 Å². The van der Waals surface area contributed by atoms with Crippen molar-refractivity contribution in [2.75, 3.05) is 7.11 Å². The number of alkyl halides is 1. The number of halogens is 1. The van der Waals surface area contributed by atoms with Crippen LogP contribution >= 0.6 is 15.9 Å². The highest BCUT2D eigenvalue weighted by atomic mass is 79.9. The zero-order valence-corrected chi connectivity index (χ0v) is 11.5. The largest absolute Gasteiger partial charge is 0.468 e. The molecule has 0 aliphatic heterocycles. The van der Waals surface area contributed by atoms with Gasteiger partial charge in [-0.15, -0.1) is 0 Å². The molecule has 16 heavy (non-hydrogen) atoms. The fourth-order valence-electron chi connectivity index (χ4n) is 1.46. The minimum Gasteiger partial charge on any atom is -0.468 e. The highest BCUT2D eigenvalue weighted by Gasteiger charge is 2.15. The molecule has 1 rings (SSSR count). The Kier molecular flexibility index (Phi) is 5.00. The second-order valence-corrected chi connectivity index (χ2v) is 5.20. The molecule has 2 nitrogen and oxygen atoms in total. The minimum atomic E-state index is -0.262. The molecule has 0 saturated heterocycles. The Morgan fingerprint density at radius 3 is 2.31 bits per heavy atom.